The van der Waals surface area contributed by atoms with Crippen molar-refractivity contribution in [3.05, 3.63) is 47.1 Å². The van der Waals surface area contributed by atoms with E-state index in [4.69, 9.17) is 22.3 Å². The van der Waals surface area contributed by atoms with Crippen LogP contribution in [0.1, 0.15) is 5.56 Å². The van der Waals surface area contributed by atoms with Crippen LogP contribution in [0.5, 0.6) is 0 Å². The Morgan fingerprint density at radius 2 is 2.11 bits per heavy atom. The maximum atomic E-state index is 13.6. The van der Waals surface area contributed by atoms with E-state index in [-0.39, 0.29) is 16.6 Å². The molecule has 0 aliphatic rings. The first-order chi connectivity index (χ1) is 8.38. The standard InChI is InChI=1S/C10H7Cl2FN2O2S/c11-8-3-1-2-7(10(8)13)4-15-5-9(14-6-15)18(12,16)17/h1-3,5-6H,4H2. The summed E-state index contributed by atoms with van der Waals surface area (Å²) < 4.78 is 37.1. The van der Waals surface area contributed by atoms with E-state index < -0.39 is 14.9 Å². The topological polar surface area (TPSA) is 52.0 Å². The molecule has 8 heteroatoms. The number of halogens is 3. The molecule has 0 aliphatic heterocycles. The van der Waals surface area contributed by atoms with Crippen molar-refractivity contribution >= 4 is 31.3 Å². The highest BCUT2D eigenvalue weighted by Gasteiger charge is 2.14. The average molecular weight is 309 g/mol. The van der Waals surface area contributed by atoms with E-state index in [9.17, 15) is 12.8 Å². The van der Waals surface area contributed by atoms with Gasteiger partial charge >= 0.3 is 0 Å². The summed E-state index contributed by atoms with van der Waals surface area (Å²) >= 11 is 5.64. The highest BCUT2D eigenvalue weighted by molar-refractivity contribution is 8.13. The van der Waals surface area contributed by atoms with Gasteiger partial charge in [0.15, 0.2) is 5.03 Å². The number of nitrogens with zero attached hydrogens (tertiary/aromatic N) is 2. The van der Waals surface area contributed by atoms with Crippen LogP contribution >= 0.6 is 22.3 Å². The molecule has 0 radical (unpaired) electrons. The largest absolute Gasteiger partial charge is 0.332 e. The Morgan fingerprint density at radius 1 is 1.39 bits per heavy atom. The molecule has 2 aromatic rings. The second kappa shape index (κ2) is 4.87. The van der Waals surface area contributed by atoms with Crippen molar-refractivity contribution < 1.29 is 12.8 Å². The number of hydrogen-bond donors (Lipinski definition) is 0. The fraction of sp³-hybridized carbons (Fsp3) is 0.100. The van der Waals surface area contributed by atoms with Crippen LogP contribution in [0.3, 0.4) is 0 Å². The second-order valence-corrected chi connectivity index (χ2v) is 6.46. The first-order valence-corrected chi connectivity index (χ1v) is 7.46. The number of hydrogen-bond acceptors (Lipinski definition) is 3. The Bertz CT molecular complexity index is 685. The lowest BCUT2D eigenvalue weighted by atomic mass is 10.2. The van der Waals surface area contributed by atoms with Crippen LogP contribution in [-0.4, -0.2) is 18.0 Å². The molecule has 1 heterocycles. The second-order valence-electron chi connectivity index (χ2n) is 3.54. The van der Waals surface area contributed by atoms with Gasteiger partial charge in [0.25, 0.3) is 9.05 Å². The molecular formula is C10H7Cl2FN2O2S. The SMILES string of the molecule is O=S(=O)(Cl)c1cn(Cc2cccc(Cl)c2F)cn1. The van der Waals surface area contributed by atoms with Crippen LogP contribution in [0.4, 0.5) is 4.39 Å². The molecule has 0 saturated heterocycles. The molecule has 0 spiro atoms. The lowest BCUT2D eigenvalue weighted by molar-refractivity contribution is 0.599. The van der Waals surface area contributed by atoms with Gasteiger partial charge in [-0.05, 0) is 6.07 Å². The quantitative estimate of drug-likeness (QED) is 0.819. The minimum atomic E-state index is -3.87. The van der Waals surface area contributed by atoms with E-state index in [1.54, 1.807) is 12.1 Å². The smallest absolute Gasteiger partial charge is 0.280 e. The summed E-state index contributed by atoms with van der Waals surface area (Å²) in [7, 11) is 1.26. The van der Waals surface area contributed by atoms with Gasteiger partial charge in [0.2, 0.25) is 0 Å². The number of benzene rings is 1. The first kappa shape index (κ1) is 13.3. The van der Waals surface area contributed by atoms with Gasteiger partial charge in [-0.1, -0.05) is 23.7 Å². The summed E-state index contributed by atoms with van der Waals surface area (Å²) in [5, 5.41) is -0.260. The van der Waals surface area contributed by atoms with Crippen LogP contribution in [0.15, 0.2) is 35.7 Å². The molecular weight excluding hydrogens is 302 g/mol. The minimum Gasteiger partial charge on any atom is -0.332 e. The molecule has 0 unspecified atom stereocenters. The van der Waals surface area contributed by atoms with Gasteiger partial charge in [0.1, 0.15) is 5.82 Å². The van der Waals surface area contributed by atoms with Crippen molar-refractivity contribution in [2.75, 3.05) is 0 Å². The van der Waals surface area contributed by atoms with Gasteiger partial charge < -0.3 is 4.57 Å². The Hall–Kier alpha value is -1.11. The van der Waals surface area contributed by atoms with Gasteiger partial charge in [-0.15, -0.1) is 0 Å². The summed E-state index contributed by atoms with van der Waals surface area (Å²) in [6.45, 7) is 0.117. The third-order valence-corrected chi connectivity index (χ3v) is 3.72. The summed E-state index contributed by atoms with van der Waals surface area (Å²) in [6.07, 6.45) is 2.48. The molecule has 0 saturated carbocycles. The Morgan fingerprint density at radius 3 is 2.72 bits per heavy atom. The first-order valence-electron chi connectivity index (χ1n) is 4.77. The number of rotatable bonds is 3. The van der Waals surface area contributed by atoms with Crippen LogP contribution in [0.2, 0.25) is 5.02 Å². The van der Waals surface area contributed by atoms with E-state index in [1.807, 2.05) is 0 Å². The Balaban J connectivity index is 2.30. The summed E-state index contributed by atoms with van der Waals surface area (Å²) in [5.41, 5.74) is 0.332. The molecule has 2 rings (SSSR count). The Kier molecular flexibility index (Phi) is 3.61. The fourth-order valence-electron chi connectivity index (χ4n) is 1.42. The van der Waals surface area contributed by atoms with Gasteiger partial charge in [0.05, 0.1) is 17.9 Å². The van der Waals surface area contributed by atoms with Crippen molar-refractivity contribution in [3.63, 3.8) is 0 Å². The van der Waals surface area contributed by atoms with Crippen molar-refractivity contribution in [1.29, 1.82) is 0 Å². The van der Waals surface area contributed by atoms with Crippen LogP contribution < -0.4 is 0 Å². The zero-order valence-corrected chi connectivity index (χ0v) is 11.2. The molecule has 1 aromatic heterocycles. The van der Waals surface area contributed by atoms with Crippen LogP contribution in [0.25, 0.3) is 0 Å². The molecule has 96 valence electrons. The lowest BCUT2D eigenvalue weighted by Crippen LogP contribution is -2.00. The predicted molar refractivity (Wildman–Crippen MR) is 65.8 cm³/mol. The van der Waals surface area contributed by atoms with Gasteiger partial charge in [0, 0.05) is 22.4 Å². The van der Waals surface area contributed by atoms with Crippen molar-refractivity contribution in [1.82, 2.24) is 9.55 Å². The van der Waals surface area contributed by atoms with Crippen molar-refractivity contribution in [2.24, 2.45) is 0 Å². The van der Waals surface area contributed by atoms with E-state index >= 15 is 0 Å². The summed E-state index contributed by atoms with van der Waals surface area (Å²) in [4.78, 5) is 3.62. The number of aromatic nitrogens is 2. The fourth-order valence-corrected chi connectivity index (χ4v) is 2.29. The van der Waals surface area contributed by atoms with Crippen molar-refractivity contribution in [2.45, 2.75) is 11.6 Å². The highest BCUT2D eigenvalue weighted by atomic mass is 35.7. The van der Waals surface area contributed by atoms with Crippen LogP contribution in [-0.2, 0) is 15.6 Å². The third-order valence-electron chi connectivity index (χ3n) is 2.24. The van der Waals surface area contributed by atoms with E-state index in [2.05, 4.69) is 4.98 Å². The lowest BCUT2D eigenvalue weighted by Gasteiger charge is -2.04. The maximum Gasteiger partial charge on any atom is 0.280 e. The predicted octanol–water partition coefficient (Wildman–Crippen LogP) is 2.65. The zero-order valence-electron chi connectivity index (χ0n) is 8.85. The number of imidazole rings is 1. The molecule has 0 fully saturated rings. The molecule has 18 heavy (non-hydrogen) atoms. The molecule has 0 aliphatic carbocycles. The molecule has 0 amide bonds. The molecule has 0 atom stereocenters. The summed E-state index contributed by atoms with van der Waals surface area (Å²) in [5.74, 6) is -0.539. The average Bonchev–Trinajstić information content (AvgIpc) is 2.73. The summed E-state index contributed by atoms with van der Waals surface area (Å²) in [6, 6.07) is 4.59. The monoisotopic (exact) mass is 308 g/mol. The van der Waals surface area contributed by atoms with Gasteiger partial charge in [-0.3, -0.25) is 0 Å². The Labute approximate surface area is 112 Å². The highest BCUT2D eigenvalue weighted by Crippen LogP contribution is 2.19. The van der Waals surface area contributed by atoms with E-state index in [1.165, 1.54) is 23.2 Å². The van der Waals surface area contributed by atoms with E-state index in [0.29, 0.717) is 5.56 Å². The van der Waals surface area contributed by atoms with E-state index in [0.717, 1.165) is 0 Å². The van der Waals surface area contributed by atoms with Gasteiger partial charge in [-0.2, -0.15) is 0 Å². The maximum absolute atomic E-state index is 13.6. The molecule has 1 aromatic carbocycles. The molecule has 0 N–H and O–H groups in total. The normalized spacial score (nSPS) is 11.7. The van der Waals surface area contributed by atoms with Crippen LogP contribution in [0, 0.1) is 5.82 Å². The molecule has 0 bridgehead atoms. The molecule has 4 nitrogen and oxygen atoms in total. The third kappa shape index (κ3) is 2.82. The van der Waals surface area contributed by atoms with Crippen molar-refractivity contribution in [3.8, 4) is 0 Å². The minimum absolute atomic E-state index is 0.0119. The zero-order chi connectivity index (χ0) is 13.3. The van der Waals surface area contributed by atoms with Gasteiger partial charge in [-0.25, -0.2) is 17.8 Å².